The monoisotopic (exact) mass is 498 g/mol. The van der Waals surface area contributed by atoms with Crippen molar-refractivity contribution in [3.8, 4) is 0 Å². The predicted octanol–water partition coefficient (Wildman–Crippen LogP) is 3.06. The lowest BCUT2D eigenvalue weighted by atomic mass is 9.41. The molecule has 0 saturated heterocycles. The lowest BCUT2D eigenvalue weighted by Crippen LogP contribution is -2.76. The maximum atomic E-state index is 17.6. The van der Waals surface area contributed by atoms with Crippen LogP contribution < -0.4 is 0 Å². The number of fused-ring (bicyclic) bond motifs is 5. The van der Waals surface area contributed by atoms with Crippen molar-refractivity contribution in [2.75, 3.05) is 6.61 Å². The fourth-order valence-electron chi connectivity index (χ4n) is 8.00. The van der Waals surface area contributed by atoms with Crippen molar-refractivity contribution in [2.24, 2.45) is 28.6 Å². The highest BCUT2D eigenvalue weighted by Crippen LogP contribution is 2.74. The largest absolute Gasteiger partial charge is 0.449 e. The Morgan fingerprint density at radius 3 is 2.47 bits per heavy atom. The third kappa shape index (κ3) is 2.77. The van der Waals surface area contributed by atoms with Gasteiger partial charge >= 0.3 is 5.97 Å². The van der Waals surface area contributed by atoms with Crippen molar-refractivity contribution in [3.05, 3.63) is 23.8 Å². The van der Waals surface area contributed by atoms with Crippen molar-refractivity contribution in [1.29, 1.82) is 0 Å². The summed E-state index contributed by atoms with van der Waals surface area (Å²) >= 11 is 4.08. The fourth-order valence-corrected chi connectivity index (χ4v) is 8.52. The van der Waals surface area contributed by atoms with Gasteiger partial charge in [0.05, 0.1) is 6.61 Å². The van der Waals surface area contributed by atoms with Crippen LogP contribution in [0.3, 0.4) is 0 Å². The molecule has 4 aliphatic carbocycles. The summed E-state index contributed by atoms with van der Waals surface area (Å²) in [6.45, 7) is 5.36. The van der Waals surface area contributed by atoms with Crippen molar-refractivity contribution in [1.82, 2.24) is 0 Å². The summed E-state index contributed by atoms with van der Waals surface area (Å²) in [7, 11) is 0. The lowest BCUT2D eigenvalue weighted by molar-refractivity contribution is -0.279. The number of aliphatic hydroxyl groups is 2. The smallest absolute Gasteiger partial charge is 0.306 e. The minimum Gasteiger partial charge on any atom is -0.449 e. The zero-order chi connectivity index (χ0) is 25.5. The molecule has 4 rings (SSSR count). The first-order valence-corrected chi connectivity index (χ1v) is 12.2. The molecule has 0 aromatic heterocycles. The molecule has 9 atom stereocenters. The Labute approximate surface area is 203 Å². The number of halogens is 2. The van der Waals surface area contributed by atoms with Gasteiger partial charge in [0.15, 0.2) is 17.1 Å². The number of allylic oxidation sites excluding steroid dienone is 4. The molecule has 4 aliphatic rings. The molecule has 188 valence electrons. The second-order valence-corrected chi connectivity index (χ2v) is 11.4. The number of rotatable bonds is 4. The number of carbonyl (C=O) groups is 3. The Bertz CT molecular complexity index is 1010. The second-order valence-electron chi connectivity index (χ2n) is 11.0. The molecule has 0 aliphatic heterocycles. The molecule has 3 fully saturated rings. The third-order valence-corrected chi connectivity index (χ3v) is 9.81. The maximum absolute atomic E-state index is 17.6. The molecule has 2 N–H and O–H groups in total. The molecule has 0 aromatic rings. The van der Waals surface area contributed by atoms with E-state index in [0.717, 1.165) is 12.2 Å². The first-order valence-electron chi connectivity index (χ1n) is 11.7. The molecule has 0 aromatic carbocycles. The Morgan fingerprint density at radius 2 is 1.91 bits per heavy atom. The van der Waals surface area contributed by atoms with Crippen LogP contribution in [0.4, 0.5) is 8.78 Å². The summed E-state index contributed by atoms with van der Waals surface area (Å²) in [6.07, 6.45) is 1.35. The highest BCUT2D eigenvalue weighted by atomic mass is 32.1. The number of carbonyl (C=O) groups excluding carboxylic acids is 3. The number of hydrogen-bond acceptors (Lipinski definition) is 6. The minimum absolute atomic E-state index is 0.00533. The van der Waals surface area contributed by atoms with E-state index in [-0.39, 0.29) is 24.8 Å². The van der Waals surface area contributed by atoms with Gasteiger partial charge in [-0.25, -0.2) is 8.78 Å². The second kappa shape index (κ2) is 7.71. The van der Waals surface area contributed by atoms with E-state index in [2.05, 4.69) is 12.6 Å². The van der Waals surface area contributed by atoms with Crippen LogP contribution in [0, 0.1) is 28.6 Å². The Hall–Kier alpha value is -1.58. The van der Waals surface area contributed by atoms with Crippen molar-refractivity contribution >= 4 is 29.5 Å². The molecule has 34 heavy (non-hydrogen) atoms. The van der Waals surface area contributed by atoms with Gasteiger partial charge in [-0.3, -0.25) is 14.4 Å². The Morgan fingerprint density at radius 1 is 1.26 bits per heavy atom. The van der Waals surface area contributed by atoms with Gasteiger partial charge < -0.3 is 14.9 Å². The highest BCUT2D eigenvalue weighted by molar-refractivity contribution is 7.96. The molecule has 0 bridgehead atoms. The van der Waals surface area contributed by atoms with Crippen molar-refractivity contribution in [2.45, 2.75) is 76.4 Å². The number of hydrogen-bond donors (Lipinski definition) is 3. The lowest BCUT2D eigenvalue weighted by Gasteiger charge is -2.66. The molecule has 9 heteroatoms. The van der Waals surface area contributed by atoms with E-state index in [0.29, 0.717) is 0 Å². The summed E-state index contributed by atoms with van der Waals surface area (Å²) in [5.74, 6) is -3.48. The average Bonchev–Trinajstić information content (AvgIpc) is 2.99. The van der Waals surface area contributed by atoms with Crippen LogP contribution in [0.1, 0.15) is 53.4 Å². The summed E-state index contributed by atoms with van der Waals surface area (Å²) in [6, 6.07) is 0. The summed E-state index contributed by atoms with van der Waals surface area (Å²) < 4.78 is 39.0. The van der Waals surface area contributed by atoms with Crippen LogP contribution in [0.15, 0.2) is 23.8 Å². The molecular formula is C25H32F2O6S. The molecule has 0 radical (unpaired) electrons. The molecular weight excluding hydrogens is 466 g/mol. The van der Waals surface area contributed by atoms with E-state index in [1.807, 2.05) is 0 Å². The third-order valence-electron chi connectivity index (χ3n) is 9.48. The summed E-state index contributed by atoms with van der Waals surface area (Å²) in [5, 5.41) is 21.5. The predicted molar refractivity (Wildman–Crippen MR) is 122 cm³/mol. The average molecular weight is 499 g/mol. The van der Waals surface area contributed by atoms with E-state index >= 15 is 8.78 Å². The van der Waals surface area contributed by atoms with Crippen LogP contribution in [0.5, 0.6) is 0 Å². The van der Waals surface area contributed by atoms with Crippen molar-refractivity contribution in [3.63, 3.8) is 0 Å². The molecule has 0 amide bonds. The maximum Gasteiger partial charge on any atom is 0.306 e. The van der Waals surface area contributed by atoms with Gasteiger partial charge in [-0.15, -0.1) is 12.6 Å². The quantitative estimate of drug-likeness (QED) is 0.407. The molecule has 2 unspecified atom stereocenters. The topological polar surface area (TPSA) is 101 Å². The number of thiol groups is 1. The highest BCUT2D eigenvalue weighted by Gasteiger charge is 2.81. The minimum atomic E-state index is -2.55. The van der Waals surface area contributed by atoms with Crippen LogP contribution in [0.25, 0.3) is 0 Å². The van der Waals surface area contributed by atoms with Gasteiger partial charge in [0.2, 0.25) is 5.12 Å². The van der Waals surface area contributed by atoms with Gasteiger partial charge in [-0.1, -0.05) is 26.8 Å². The number of ether oxygens (including phenoxy) is 1. The van der Waals surface area contributed by atoms with E-state index in [4.69, 9.17) is 4.74 Å². The number of ketones is 1. The normalized spacial score (nSPS) is 49.6. The van der Waals surface area contributed by atoms with Crippen LogP contribution in [-0.4, -0.2) is 56.7 Å². The van der Waals surface area contributed by atoms with Gasteiger partial charge in [-0.2, -0.15) is 0 Å². The Kier molecular flexibility index (Phi) is 5.78. The van der Waals surface area contributed by atoms with Gasteiger partial charge in [0.1, 0.15) is 11.8 Å². The molecule has 3 saturated carbocycles. The first-order chi connectivity index (χ1) is 15.7. The van der Waals surface area contributed by atoms with Crippen LogP contribution in [-0.2, 0) is 19.1 Å². The van der Waals surface area contributed by atoms with Crippen molar-refractivity contribution < 1.29 is 38.1 Å². The molecule has 6 nitrogen and oxygen atoms in total. The SMILES string of the molecule is CCC(=O)O[C@]1(C(=O)S)[C@H](C)CC2C3C[C@H](F)C4=CC(=O)C=C[C@]4(C)[C@@]3(F)[C@](O)(CO)C[C@@]21C. The van der Waals surface area contributed by atoms with Crippen LogP contribution in [0.2, 0.25) is 0 Å². The Balaban J connectivity index is 1.96. The van der Waals surface area contributed by atoms with Gasteiger partial charge in [0.25, 0.3) is 0 Å². The van der Waals surface area contributed by atoms with Gasteiger partial charge in [0, 0.05) is 29.1 Å². The molecule has 0 spiro atoms. The van der Waals surface area contributed by atoms with E-state index < -0.39 is 81.5 Å². The first kappa shape index (κ1) is 25.5. The summed E-state index contributed by atoms with van der Waals surface area (Å²) in [5.41, 5.74) is -9.82. The summed E-state index contributed by atoms with van der Waals surface area (Å²) in [4.78, 5) is 37.5. The number of esters is 1. The number of alkyl halides is 2. The zero-order valence-electron chi connectivity index (χ0n) is 19.8. The van der Waals surface area contributed by atoms with E-state index in [9.17, 15) is 24.6 Å². The van der Waals surface area contributed by atoms with Crippen LogP contribution >= 0.6 is 12.6 Å². The standard InChI is InChI=1S/C25H32F2O6S/c1-5-19(30)33-24(20(31)34)13(2)8-15-16-10-18(26)17-9-14(29)6-7-21(17,3)25(16,27)23(32,12-28)11-22(15,24)4/h6-7,9,13,15-16,18,28,32H,5,8,10-12H2,1-4H3,(H,31,34)/t13-,15?,16?,18+,21+,22+,23-,24+,25-/m1/s1. The fraction of sp³-hybridized carbons (Fsp3) is 0.720. The number of aliphatic hydroxyl groups excluding tert-OH is 1. The zero-order valence-corrected chi connectivity index (χ0v) is 20.7. The molecule has 0 heterocycles. The van der Waals surface area contributed by atoms with E-state index in [1.165, 1.54) is 13.0 Å². The van der Waals surface area contributed by atoms with E-state index in [1.54, 1.807) is 20.8 Å². The van der Waals surface area contributed by atoms with Gasteiger partial charge in [-0.05, 0) is 49.8 Å².